The van der Waals surface area contributed by atoms with Gasteiger partial charge in [-0.05, 0) is 72.8 Å². The average Bonchev–Trinajstić information content (AvgIpc) is 2.88. The molecule has 1 aromatic heterocycles. The van der Waals surface area contributed by atoms with Crippen LogP contribution in [0.1, 0.15) is 85.8 Å². The number of hydrogen-bond acceptors (Lipinski definition) is 4. The minimum atomic E-state index is -0.364. The first-order valence-electron chi connectivity index (χ1n) is 13.1. The highest BCUT2D eigenvalue weighted by Crippen LogP contribution is 2.50. The molecule has 6 rings (SSSR count). The molecule has 1 N–H and O–H groups in total. The maximum absolute atomic E-state index is 10.7. The van der Waals surface area contributed by atoms with Gasteiger partial charge in [-0.1, -0.05) is 61.4 Å². The molecule has 34 heavy (non-hydrogen) atoms. The van der Waals surface area contributed by atoms with Crippen LogP contribution in [-0.2, 0) is 6.42 Å². The normalized spacial score (nSPS) is 28.4. The van der Waals surface area contributed by atoms with Crippen molar-refractivity contribution in [2.24, 2.45) is 5.92 Å². The Balaban J connectivity index is 1.47. The van der Waals surface area contributed by atoms with Crippen molar-refractivity contribution in [1.29, 1.82) is 0 Å². The number of aliphatic hydroxyl groups excluding tert-OH is 1. The van der Waals surface area contributed by atoms with Gasteiger partial charge in [-0.15, -0.1) is 0 Å². The van der Waals surface area contributed by atoms with Crippen molar-refractivity contribution in [3.8, 4) is 5.88 Å². The quantitative estimate of drug-likeness (QED) is 0.461. The third-order valence-electron chi connectivity index (χ3n) is 8.31. The minimum Gasteiger partial charge on any atom is -0.478 e. The molecular formula is C30H34N2O2. The van der Waals surface area contributed by atoms with Crippen LogP contribution in [0.15, 0.2) is 54.6 Å². The molecular weight excluding hydrogens is 420 g/mol. The van der Waals surface area contributed by atoms with Crippen LogP contribution in [0.3, 0.4) is 0 Å². The van der Waals surface area contributed by atoms with E-state index in [1.54, 1.807) is 0 Å². The first kappa shape index (κ1) is 21.8. The van der Waals surface area contributed by atoms with Crippen molar-refractivity contribution < 1.29 is 9.84 Å². The van der Waals surface area contributed by atoms with Crippen molar-refractivity contribution in [3.63, 3.8) is 0 Å². The number of ether oxygens (including phenoxy) is 1. The molecule has 0 bridgehead atoms. The maximum atomic E-state index is 10.7. The summed E-state index contributed by atoms with van der Waals surface area (Å²) >= 11 is 0. The molecule has 0 aliphatic heterocycles. The highest BCUT2D eigenvalue weighted by Gasteiger charge is 2.39. The van der Waals surface area contributed by atoms with Crippen molar-refractivity contribution in [2.45, 2.75) is 75.7 Å². The summed E-state index contributed by atoms with van der Waals surface area (Å²) in [5, 5.41) is 13.4. The fraction of sp³-hybridized carbons (Fsp3) is 0.467. The van der Waals surface area contributed by atoms with Crippen molar-refractivity contribution >= 4 is 10.8 Å². The molecule has 1 saturated carbocycles. The lowest BCUT2D eigenvalue weighted by molar-refractivity contribution is 0.102. The van der Waals surface area contributed by atoms with Crippen LogP contribution in [-0.4, -0.2) is 27.8 Å². The summed E-state index contributed by atoms with van der Waals surface area (Å²) in [7, 11) is 0. The summed E-state index contributed by atoms with van der Waals surface area (Å²) < 4.78 is 5.93. The largest absolute Gasteiger partial charge is 0.478 e. The molecule has 0 saturated heterocycles. The molecule has 1 fully saturated rings. The Morgan fingerprint density at radius 1 is 0.971 bits per heavy atom. The molecule has 176 valence electrons. The zero-order valence-corrected chi connectivity index (χ0v) is 20.0. The van der Waals surface area contributed by atoms with Crippen LogP contribution < -0.4 is 4.74 Å². The number of benzene rings is 2. The summed E-state index contributed by atoms with van der Waals surface area (Å²) in [6.45, 7) is 2.58. The smallest absolute Gasteiger partial charge is 0.216 e. The Bertz CT molecular complexity index is 1220. The van der Waals surface area contributed by atoms with E-state index in [4.69, 9.17) is 14.7 Å². The third kappa shape index (κ3) is 3.82. The minimum absolute atomic E-state index is 0.00214. The van der Waals surface area contributed by atoms with E-state index in [1.165, 1.54) is 28.3 Å². The van der Waals surface area contributed by atoms with Gasteiger partial charge in [0.1, 0.15) is 5.82 Å². The van der Waals surface area contributed by atoms with E-state index >= 15 is 0 Å². The van der Waals surface area contributed by atoms with E-state index in [9.17, 15) is 5.11 Å². The Labute approximate surface area is 202 Å². The highest BCUT2D eigenvalue weighted by atomic mass is 16.5. The van der Waals surface area contributed by atoms with Crippen LogP contribution in [0.5, 0.6) is 5.88 Å². The van der Waals surface area contributed by atoms with Crippen LogP contribution in [0.25, 0.3) is 10.8 Å². The lowest BCUT2D eigenvalue weighted by Gasteiger charge is -2.40. The van der Waals surface area contributed by atoms with Crippen LogP contribution in [0, 0.1) is 5.92 Å². The molecule has 5 atom stereocenters. The molecule has 0 amide bonds. The molecule has 5 unspecified atom stereocenters. The van der Waals surface area contributed by atoms with Gasteiger partial charge < -0.3 is 9.84 Å². The van der Waals surface area contributed by atoms with Gasteiger partial charge >= 0.3 is 0 Å². The monoisotopic (exact) mass is 454 g/mol. The maximum Gasteiger partial charge on any atom is 0.216 e. The fourth-order valence-corrected chi connectivity index (χ4v) is 6.67. The van der Waals surface area contributed by atoms with Crippen molar-refractivity contribution in [1.82, 2.24) is 9.97 Å². The second kappa shape index (κ2) is 9.14. The molecule has 1 heterocycles. The van der Waals surface area contributed by atoms with Gasteiger partial charge in [0.05, 0.1) is 18.4 Å². The predicted octanol–water partition coefficient (Wildman–Crippen LogP) is 6.44. The van der Waals surface area contributed by atoms with Gasteiger partial charge in [-0.25, -0.2) is 4.98 Å². The highest BCUT2D eigenvalue weighted by molar-refractivity contribution is 5.87. The summed E-state index contributed by atoms with van der Waals surface area (Å²) in [6.07, 6.45) is 11.7. The fourth-order valence-electron chi connectivity index (χ4n) is 6.67. The first-order chi connectivity index (χ1) is 16.7. The Morgan fingerprint density at radius 3 is 2.74 bits per heavy atom. The molecule has 3 aliphatic rings. The van der Waals surface area contributed by atoms with Crippen molar-refractivity contribution in [2.75, 3.05) is 6.61 Å². The summed E-state index contributed by atoms with van der Waals surface area (Å²) in [6, 6.07) is 15.5. The number of rotatable bonds is 4. The number of nitrogens with zero attached hydrogens (tertiary/aromatic N) is 2. The van der Waals surface area contributed by atoms with Crippen LogP contribution in [0.2, 0.25) is 0 Å². The lowest BCUT2D eigenvalue weighted by Crippen LogP contribution is -2.30. The van der Waals surface area contributed by atoms with Gasteiger partial charge in [0.2, 0.25) is 5.88 Å². The number of allylic oxidation sites excluding steroid dienone is 2. The summed E-state index contributed by atoms with van der Waals surface area (Å²) in [4.78, 5) is 9.95. The van der Waals surface area contributed by atoms with E-state index in [-0.39, 0.29) is 17.9 Å². The van der Waals surface area contributed by atoms with Gasteiger partial charge in [0, 0.05) is 17.9 Å². The topological polar surface area (TPSA) is 55.2 Å². The number of fused-ring (bicyclic) bond motifs is 5. The Kier molecular flexibility index (Phi) is 5.86. The molecule has 4 heteroatoms. The molecule has 0 spiro atoms. The average molecular weight is 455 g/mol. The summed E-state index contributed by atoms with van der Waals surface area (Å²) in [5.74, 6) is 2.64. The number of aromatic nitrogens is 2. The molecule has 3 aromatic rings. The van der Waals surface area contributed by atoms with Gasteiger partial charge in [0.25, 0.3) is 0 Å². The number of hydrogen-bond donors (Lipinski definition) is 1. The molecule has 3 aliphatic carbocycles. The van der Waals surface area contributed by atoms with Gasteiger partial charge in [0.15, 0.2) is 0 Å². The van der Waals surface area contributed by atoms with E-state index < -0.39 is 0 Å². The zero-order valence-electron chi connectivity index (χ0n) is 20.0. The molecule has 2 aromatic carbocycles. The van der Waals surface area contributed by atoms with E-state index in [2.05, 4.69) is 54.6 Å². The Hall–Kier alpha value is -2.72. The van der Waals surface area contributed by atoms with E-state index in [0.717, 1.165) is 50.0 Å². The summed E-state index contributed by atoms with van der Waals surface area (Å²) in [5.41, 5.74) is 4.08. The van der Waals surface area contributed by atoms with Crippen LogP contribution in [0.4, 0.5) is 0 Å². The lowest BCUT2D eigenvalue weighted by atomic mass is 9.64. The second-order valence-electron chi connectivity index (χ2n) is 10.2. The van der Waals surface area contributed by atoms with Crippen LogP contribution >= 0.6 is 0 Å². The van der Waals surface area contributed by atoms with E-state index in [1.807, 2.05) is 6.92 Å². The zero-order chi connectivity index (χ0) is 23.1. The predicted molar refractivity (Wildman–Crippen MR) is 135 cm³/mol. The third-order valence-corrected chi connectivity index (χ3v) is 8.31. The SMILES string of the molecule is CCOc1cc(C2Cc3c(ccc4ccccc34)C3CCC=CC23)nc(C2CCCCC2O)n1. The second-order valence-corrected chi connectivity index (χ2v) is 10.2. The van der Waals surface area contributed by atoms with Gasteiger partial charge in [-0.2, -0.15) is 4.98 Å². The first-order valence-corrected chi connectivity index (χ1v) is 13.1. The standard InChI is InChI=1S/C30H34N2O2/c1-2-34-29-18-27(31-30(32-29)24-13-7-8-14-28(24)33)26-17-25-20-10-4-3-9-19(20)15-16-23(25)21-11-5-6-12-22(21)26/h3-4,6,9-10,12,15-16,18,21-22,24,26,28,33H,2,5,7-8,11,13-14,17H2,1H3. The Morgan fingerprint density at radius 2 is 1.85 bits per heavy atom. The van der Waals surface area contributed by atoms with Gasteiger partial charge in [-0.3, -0.25) is 0 Å². The van der Waals surface area contributed by atoms with Crippen molar-refractivity contribution in [3.05, 3.63) is 77.3 Å². The van der Waals surface area contributed by atoms with E-state index in [0.29, 0.717) is 24.3 Å². The molecule has 0 radical (unpaired) electrons. The molecule has 4 nitrogen and oxygen atoms in total. The number of aliphatic hydroxyl groups is 1.